The maximum absolute atomic E-state index is 13.3. The predicted octanol–water partition coefficient (Wildman–Crippen LogP) is 8.88. The molecule has 0 aliphatic heterocycles. The van der Waals surface area contributed by atoms with Gasteiger partial charge in [-0.25, -0.2) is 4.79 Å². The molecule has 6 aliphatic carbocycles. The van der Waals surface area contributed by atoms with Gasteiger partial charge in [0.05, 0.1) is 0 Å². The summed E-state index contributed by atoms with van der Waals surface area (Å²) in [6, 6.07) is 0.166. The van der Waals surface area contributed by atoms with Gasteiger partial charge in [-0.1, -0.05) is 61.0 Å². The second-order valence-corrected chi connectivity index (χ2v) is 17.3. The van der Waals surface area contributed by atoms with Crippen molar-refractivity contribution in [1.29, 1.82) is 0 Å². The number of hydrogen-bond donors (Lipinski definition) is 1. The minimum absolute atomic E-state index is 0.0297. The lowest BCUT2D eigenvalue weighted by Crippen LogP contribution is -2.66. The van der Waals surface area contributed by atoms with Crippen molar-refractivity contribution in [3.05, 3.63) is 11.1 Å². The Morgan fingerprint density at radius 1 is 0.825 bits per heavy atom. The van der Waals surface area contributed by atoms with Gasteiger partial charge < -0.3 is 10.1 Å². The molecule has 6 rings (SSSR count). The summed E-state index contributed by atoms with van der Waals surface area (Å²) in [7, 11) is 0. The zero-order valence-electron chi connectivity index (χ0n) is 27.0. The summed E-state index contributed by atoms with van der Waals surface area (Å²) in [6.45, 7) is 21.7. The van der Waals surface area contributed by atoms with Gasteiger partial charge in [0.15, 0.2) is 5.78 Å². The third-order valence-electron chi connectivity index (χ3n) is 14.7. The van der Waals surface area contributed by atoms with Gasteiger partial charge in [-0.3, -0.25) is 4.79 Å². The van der Waals surface area contributed by atoms with Gasteiger partial charge in [0, 0.05) is 12.5 Å². The summed E-state index contributed by atoms with van der Waals surface area (Å²) in [5.41, 5.74) is 3.70. The summed E-state index contributed by atoms with van der Waals surface area (Å²) < 4.78 is 5.80. The van der Waals surface area contributed by atoms with Gasteiger partial charge >= 0.3 is 6.09 Å². The molecule has 4 nitrogen and oxygen atoms in total. The fourth-order valence-electron chi connectivity index (χ4n) is 12.1. The number of alkyl carbamates (subject to hydrolysis) is 1. The first-order valence-electron chi connectivity index (χ1n) is 16.8. The number of rotatable bonds is 4. The maximum atomic E-state index is 13.3. The van der Waals surface area contributed by atoms with Crippen LogP contribution in [0, 0.1) is 56.7 Å². The zero-order valence-corrected chi connectivity index (χ0v) is 27.0. The summed E-state index contributed by atoms with van der Waals surface area (Å²) in [5, 5.41) is 3.36. The van der Waals surface area contributed by atoms with E-state index in [2.05, 4.69) is 67.6 Å². The van der Waals surface area contributed by atoms with Crippen LogP contribution >= 0.6 is 0 Å². The molecule has 0 saturated heterocycles. The molecule has 0 radical (unpaired) electrons. The molecular formula is C36H57NO3. The molecule has 0 aromatic carbocycles. The van der Waals surface area contributed by atoms with Crippen molar-refractivity contribution in [2.75, 3.05) is 0 Å². The molecule has 6 aliphatic rings. The number of carbonyl (C=O) groups is 2. The minimum Gasteiger partial charge on any atom is -0.446 e. The Morgan fingerprint density at radius 2 is 1.52 bits per heavy atom. The van der Waals surface area contributed by atoms with Crippen molar-refractivity contribution in [1.82, 2.24) is 5.32 Å². The van der Waals surface area contributed by atoms with Crippen LogP contribution in [0.5, 0.6) is 0 Å². The van der Waals surface area contributed by atoms with E-state index in [1.165, 1.54) is 63.4 Å². The number of hydrogen-bond acceptors (Lipinski definition) is 3. The van der Waals surface area contributed by atoms with Crippen LogP contribution in [0.15, 0.2) is 11.1 Å². The molecule has 5 fully saturated rings. The van der Waals surface area contributed by atoms with Crippen LogP contribution in [0.3, 0.4) is 0 Å². The van der Waals surface area contributed by atoms with Crippen molar-refractivity contribution in [2.45, 2.75) is 145 Å². The van der Waals surface area contributed by atoms with Gasteiger partial charge in [-0.15, -0.1) is 0 Å². The third-order valence-corrected chi connectivity index (χ3v) is 14.7. The van der Waals surface area contributed by atoms with Gasteiger partial charge in [0.2, 0.25) is 0 Å². The molecule has 0 spiro atoms. The molecule has 0 bridgehead atoms. The number of amides is 1. The quantitative estimate of drug-likeness (QED) is 0.379. The van der Waals surface area contributed by atoms with Crippen molar-refractivity contribution in [3.8, 4) is 0 Å². The van der Waals surface area contributed by atoms with Crippen LogP contribution in [0.1, 0.15) is 133 Å². The number of allylic oxidation sites excluding steroid dienone is 2. The van der Waals surface area contributed by atoms with Crippen LogP contribution in [-0.2, 0) is 9.53 Å². The number of Topliss-reactive ketones (excluding diaryl/α,β-unsaturated/α-hetero) is 1. The Kier molecular flexibility index (Phi) is 6.54. The largest absolute Gasteiger partial charge is 0.446 e. The lowest BCUT2D eigenvalue weighted by molar-refractivity contribution is -0.215. The monoisotopic (exact) mass is 551 g/mol. The highest BCUT2D eigenvalue weighted by Crippen LogP contribution is 2.76. The first-order chi connectivity index (χ1) is 18.6. The van der Waals surface area contributed by atoms with Gasteiger partial charge in [0.25, 0.3) is 0 Å². The smallest absolute Gasteiger partial charge is 0.407 e. The Bertz CT molecular complexity index is 1120. The van der Waals surface area contributed by atoms with Crippen LogP contribution in [-0.4, -0.2) is 24.0 Å². The number of ketones is 1. The molecule has 9 atom stereocenters. The van der Waals surface area contributed by atoms with Crippen molar-refractivity contribution < 1.29 is 14.3 Å². The maximum Gasteiger partial charge on any atom is 0.407 e. The highest BCUT2D eigenvalue weighted by Gasteiger charge is 2.69. The summed E-state index contributed by atoms with van der Waals surface area (Å²) in [4.78, 5) is 26.3. The van der Waals surface area contributed by atoms with Gasteiger partial charge in [-0.2, -0.15) is 0 Å². The van der Waals surface area contributed by atoms with E-state index in [1.807, 2.05) is 0 Å². The number of nitrogens with one attached hydrogen (secondary N) is 1. The van der Waals surface area contributed by atoms with E-state index in [0.717, 1.165) is 12.8 Å². The van der Waals surface area contributed by atoms with Gasteiger partial charge in [0.1, 0.15) is 6.10 Å². The van der Waals surface area contributed by atoms with Crippen LogP contribution in [0.4, 0.5) is 4.79 Å². The molecule has 40 heavy (non-hydrogen) atoms. The highest BCUT2D eigenvalue weighted by atomic mass is 16.6. The first kappa shape index (κ1) is 28.8. The second-order valence-electron chi connectivity index (χ2n) is 17.3. The molecular weight excluding hydrogens is 494 g/mol. The number of fused-ring (bicyclic) bond motifs is 7. The fraction of sp³-hybridized carbons (Fsp3) is 0.889. The highest BCUT2D eigenvalue weighted by molar-refractivity contribution is 6.00. The average Bonchev–Trinajstić information content (AvgIpc) is 3.65. The number of ether oxygens (including phenoxy) is 1. The Balaban J connectivity index is 1.27. The molecule has 2 unspecified atom stereocenters. The molecule has 1 amide bonds. The van der Waals surface area contributed by atoms with Crippen molar-refractivity contribution in [3.63, 3.8) is 0 Å². The average molecular weight is 552 g/mol. The number of carbonyl (C=O) groups excluding carboxylic acids is 2. The zero-order chi connectivity index (χ0) is 29.0. The normalized spacial score (nSPS) is 46.7. The fourth-order valence-corrected chi connectivity index (χ4v) is 12.1. The SMILES string of the molecule is CC(C)C1=C2[C@H]3CC[C@@H]4[C@@]5(C)CCC(NC(=O)OC(C)C6CC6)C(C)(C)[C@@H]5CC[C@@]4(C)[C@]3(C)CC[C@@]2(C)CC1=O. The Morgan fingerprint density at radius 3 is 2.17 bits per heavy atom. The predicted molar refractivity (Wildman–Crippen MR) is 161 cm³/mol. The topological polar surface area (TPSA) is 55.4 Å². The first-order valence-corrected chi connectivity index (χ1v) is 16.8. The Labute approximate surface area is 244 Å². The minimum atomic E-state index is -0.208. The van der Waals surface area contributed by atoms with Crippen LogP contribution < -0.4 is 5.32 Å². The third kappa shape index (κ3) is 3.88. The summed E-state index contributed by atoms with van der Waals surface area (Å²) in [5.74, 6) is 3.15. The van der Waals surface area contributed by atoms with Gasteiger partial charge in [-0.05, 0) is 133 Å². The molecule has 5 saturated carbocycles. The molecule has 0 aromatic heterocycles. The van der Waals surface area contributed by atoms with E-state index >= 15 is 0 Å². The molecule has 224 valence electrons. The van der Waals surface area contributed by atoms with E-state index in [0.29, 0.717) is 35.4 Å². The standard InChI is InChI=1S/C36H57NO3/c1-21(2)29-25(38)20-33(6)18-19-35(8)24(30(29)33)12-13-27-34(7)16-15-28(37-31(39)40-22(3)23-10-11-23)32(4,5)26(34)14-17-36(27,35)9/h21-24,26-28H,10-20H2,1-9H3,(H,37,39)/t22?,24-,26+,27-,28?,33+,34+,35-,36-/m1/s1. The summed E-state index contributed by atoms with van der Waals surface area (Å²) >= 11 is 0. The van der Waals surface area contributed by atoms with Crippen LogP contribution in [0.2, 0.25) is 0 Å². The lowest BCUT2D eigenvalue weighted by atomic mass is 9.33. The summed E-state index contributed by atoms with van der Waals surface area (Å²) in [6.07, 6.45) is 12.6. The lowest BCUT2D eigenvalue weighted by Gasteiger charge is -2.72. The van der Waals surface area contributed by atoms with E-state index in [1.54, 1.807) is 5.57 Å². The Hall–Kier alpha value is -1.32. The van der Waals surface area contributed by atoms with E-state index in [4.69, 9.17) is 4.74 Å². The van der Waals surface area contributed by atoms with E-state index in [-0.39, 0.29) is 45.3 Å². The molecule has 0 heterocycles. The van der Waals surface area contributed by atoms with Crippen LogP contribution in [0.25, 0.3) is 0 Å². The second kappa shape index (κ2) is 9.09. The molecule has 1 N–H and O–H groups in total. The van der Waals surface area contributed by atoms with E-state index < -0.39 is 0 Å². The van der Waals surface area contributed by atoms with Crippen molar-refractivity contribution in [2.24, 2.45) is 56.7 Å². The van der Waals surface area contributed by atoms with Crippen molar-refractivity contribution >= 4 is 11.9 Å². The molecule has 4 heteroatoms. The molecule has 0 aromatic rings. The van der Waals surface area contributed by atoms with E-state index in [9.17, 15) is 9.59 Å².